The molecule has 0 bridgehead atoms. The Balaban J connectivity index is 1.68. The molecule has 2 aromatic rings. The van der Waals surface area contributed by atoms with Crippen LogP contribution in [0.1, 0.15) is 23.5 Å². The maximum absolute atomic E-state index is 13.2. The first kappa shape index (κ1) is 19.9. The second-order valence-corrected chi connectivity index (χ2v) is 9.89. The molecule has 1 fully saturated rings. The molecule has 152 valence electrons. The largest absolute Gasteiger partial charge is 0.468 e. The van der Waals surface area contributed by atoms with E-state index in [2.05, 4.69) is 12.1 Å². The first-order valence-electron chi connectivity index (χ1n) is 9.76. The number of carbonyl (C=O) groups excluding carboxylic acids is 1. The smallest absolute Gasteiger partial charge is 0.317 e. The highest BCUT2D eigenvalue weighted by molar-refractivity contribution is 7.89. The molecule has 0 radical (unpaired) electrons. The predicted octanol–water partition coefficient (Wildman–Crippen LogP) is 3.52. The highest BCUT2D eigenvalue weighted by Gasteiger charge is 2.56. The van der Waals surface area contributed by atoms with Crippen LogP contribution in [0.4, 0.5) is 0 Å². The summed E-state index contributed by atoms with van der Waals surface area (Å²) in [4.78, 5) is 13.0. The topological polar surface area (TPSA) is 63.7 Å². The Morgan fingerprint density at radius 3 is 2.45 bits per heavy atom. The fraction of sp³-hybridized carbons (Fsp3) is 0.348. The molecule has 0 amide bonds. The predicted molar refractivity (Wildman–Crippen MR) is 111 cm³/mol. The van der Waals surface area contributed by atoms with Crippen LogP contribution >= 0.6 is 0 Å². The van der Waals surface area contributed by atoms with Gasteiger partial charge in [-0.15, -0.1) is 0 Å². The Kier molecular flexibility index (Phi) is 5.09. The van der Waals surface area contributed by atoms with Gasteiger partial charge >= 0.3 is 5.97 Å². The molecule has 0 aromatic heterocycles. The van der Waals surface area contributed by atoms with Crippen molar-refractivity contribution in [2.75, 3.05) is 20.2 Å². The first-order chi connectivity index (χ1) is 13.9. The molecule has 0 N–H and O–H groups in total. The molecule has 0 spiro atoms. The minimum absolute atomic E-state index is 0.110. The van der Waals surface area contributed by atoms with Gasteiger partial charge in [0.25, 0.3) is 0 Å². The zero-order valence-corrected chi connectivity index (χ0v) is 17.4. The normalized spacial score (nSPS) is 26.8. The molecule has 4 rings (SSSR count). The van der Waals surface area contributed by atoms with E-state index in [4.69, 9.17) is 4.74 Å². The maximum atomic E-state index is 13.2. The minimum Gasteiger partial charge on any atom is -0.468 e. The van der Waals surface area contributed by atoms with Gasteiger partial charge in [-0.2, -0.15) is 4.31 Å². The van der Waals surface area contributed by atoms with Crippen LogP contribution in [0, 0.1) is 18.3 Å². The summed E-state index contributed by atoms with van der Waals surface area (Å²) in [6, 6.07) is 16.9. The monoisotopic (exact) mass is 411 g/mol. The van der Waals surface area contributed by atoms with Crippen molar-refractivity contribution in [1.82, 2.24) is 4.31 Å². The lowest BCUT2D eigenvalue weighted by Gasteiger charge is -2.34. The standard InChI is InChI=1S/C23H25NO4S/c1-17-8-10-21(11-9-17)29(26,27)24-15-20-14-19(18-6-4-3-5-7-18)12-13-23(20,16-24)22(25)28-2/h3-13,19-20H,14-16H2,1-2H3/t19-,20-,23-/m0/s1. The molecule has 5 nitrogen and oxygen atoms in total. The van der Waals surface area contributed by atoms with Crippen LogP contribution in [0.5, 0.6) is 0 Å². The van der Waals surface area contributed by atoms with Crippen LogP contribution in [0.15, 0.2) is 71.6 Å². The number of benzene rings is 2. The summed E-state index contributed by atoms with van der Waals surface area (Å²) in [6.07, 6.45) is 4.62. The number of ether oxygens (including phenoxy) is 1. The van der Waals surface area contributed by atoms with Gasteiger partial charge < -0.3 is 4.74 Å². The Morgan fingerprint density at radius 2 is 1.79 bits per heavy atom. The van der Waals surface area contributed by atoms with Gasteiger partial charge in [-0.1, -0.05) is 60.2 Å². The second kappa shape index (κ2) is 7.43. The van der Waals surface area contributed by atoms with E-state index in [0.717, 1.165) is 5.56 Å². The molecule has 1 saturated heterocycles. The summed E-state index contributed by atoms with van der Waals surface area (Å²) >= 11 is 0. The maximum Gasteiger partial charge on any atom is 0.317 e. The highest BCUT2D eigenvalue weighted by atomic mass is 32.2. The number of allylic oxidation sites excluding steroid dienone is 1. The molecule has 29 heavy (non-hydrogen) atoms. The van der Waals surface area contributed by atoms with Crippen molar-refractivity contribution >= 4 is 16.0 Å². The van der Waals surface area contributed by atoms with Crippen LogP contribution in [-0.4, -0.2) is 38.9 Å². The van der Waals surface area contributed by atoms with Crippen molar-refractivity contribution in [1.29, 1.82) is 0 Å². The average molecular weight is 412 g/mol. The molecule has 2 aliphatic rings. The number of aryl methyl sites for hydroxylation is 1. The van der Waals surface area contributed by atoms with Crippen LogP contribution in [0.25, 0.3) is 0 Å². The van der Waals surface area contributed by atoms with Crippen molar-refractivity contribution in [3.8, 4) is 0 Å². The van der Waals surface area contributed by atoms with Gasteiger partial charge in [0.2, 0.25) is 10.0 Å². The Bertz CT molecular complexity index is 1030. The number of methoxy groups -OCH3 is 1. The van der Waals surface area contributed by atoms with Gasteiger partial charge in [-0.3, -0.25) is 4.79 Å². The van der Waals surface area contributed by atoms with E-state index in [1.807, 2.05) is 37.3 Å². The van der Waals surface area contributed by atoms with Crippen molar-refractivity contribution in [3.63, 3.8) is 0 Å². The van der Waals surface area contributed by atoms with E-state index < -0.39 is 15.4 Å². The molecule has 1 aliphatic carbocycles. The van der Waals surface area contributed by atoms with Gasteiger partial charge in [0.05, 0.1) is 12.0 Å². The van der Waals surface area contributed by atoms with Crippen LogP contribution < -0.4 is 0 Å². The Morgan fingerprint density at radius 1 is 1.10 bits per heavy atom. The number of fused-ring (bicyclic) bond motifs is 1. The van der Waals surface area contributed by atoms with E-state index in [9.17, 15) is 13.2 Å². The van der Waals surface area contributed by atoms with Gasteiger partial charge in [-0.25, -0.2) is 8.42 Å². The number of esters is 1. The van der Waals surface area contributed by atoms with Crippen molar-refractivity contribution in [2.24, 2.45) is 11.3 Å². The van der Waals surface area contributed by atoms with E-state index in [-0.39, 0.29) is 29.2 Å². The molecular weight excluding hydrogens is 386 g/mol. The molecule has 0 unspecified atom stereocenters. The Labute approximate surface area is 172 Å². The van der Waals surface area contributed by atoms with E-state index in [1.165, 1.54) is 17.0 Å². The summed E-state index contributed by atoms with van der Waals surface area (Å²) in [5, 5.41) is 0. The average Bonchev–Trinajstić information content (AvgIpc) is 3.15. The van der Waals surface area contributed by atoms with Crippen LogP contribution in [0.2, 0.25) is 0 Å². The van der Waals surface area contributed by atoms with Gasteiger partial charge in [0.1, 0.15) is 5.41 Å². The summed E-state index contributed by atoms with van der Waals surface area (Å²) in [7, 11) is -2.32. The van der Waals surface area contributed by atoms with Gasteiger partial charge in [0, 0.05) is 19.0 Å². The van der Waals surface area contributed by atoms with E-state index in [1.54, 1.807) is 24.3 Å². The lowest BCUT2D eigenvalue weighted by atomic mass is 9.68. The quantitative estimate of drug-likeness (QED) is 0.570. The molecule has 0 saturated carbocycles. The Hall–Kier alpha value is -2.44. The van der Waals surface area contributed by atoms with Crippen LogP contribution in [-0.2, 0) is 19.6 Å². The molecule has 2 aromatic carbocycles. The third-order valence-corrected chi connectivity index (χ3v) is 8.03. The summed E-state index contributed by atoms with van der Waals surface area (Å²) < 4.78 is 33.0. The van der Waals surface area contributed by atoms with Crippen molar-refractivity contribution in [2.45, 2.75) is 24.2 Å². The molecule has 1 aliphatic heterocycles. The van der Waals surface area contributed by atoms with E-state index >= 15 is 0 Å². The second-order valence-electron chi connectivity index (χ2n) is 7.95. The molecular formula is C23H25NO4S. The number of nitrogens with zero attached hydrogens (tertiary/aromatic N) is 1. The zero-order valence-electron chi connectivity index (χ0n) is 16.6. The van der Waals surface area contributed by atoms with Gasteiger partial charge in [-0.05, 0) is 37.0 Å². The number of rotatable bonds is 4. The lowest BCUT2D eigenvalue weighted by Crippen LogP contribution is -2.41. The number of sulfonamides is 1. The fourth-order valence-corrected chi connectivity index (χ4v) is 6.06. The number of carbonyl (C=O) groups is 1. The summed E-state index contributed by atoms with van der Waals surface area (Å²) in [6.45, 7) is 2.33. The zero-order chi connectivity index (χ0) is 20.6. The third kappa shape index (κ3) is 3.40. The summed E-state index contributed by atoms with van der Waals surface area (Å²) in [5.74, 6) is -0.349. The summed E-state index contributed by atoms with van der Waals surface area (Å²) in [5.41, 5.74) is 1.23. The molecule has 1 heterocycles. The fourth-order valence-electron chi connectivity index (χ4n) is 4.52. The van der Waals surface area contributed by atoms with Crippen LogP contribution in [0.3, 0.4) is 0 Å². The number of hydrogen-bond acceptors (Lipinski definition) is 4. The number of hydrogen-bond donors (Lipinski definition) is 0. The van der Waals surface area contributed by atoms with Gasteiger partial charge in [0.15, 0.2) is 0 Å². The molecule has 6 heteroatoms. The first-order valence-corrected chi connectivity index (χ1v) is 11.2. The molecule has 3 atom stereocenters. The lowest BCUT2D eigenvalue weighted by molar-refractivity contribution is -0.151. The van der Waals surface area contributed by atoms with Crippen molar-refractivity contribution < 1.29 is 17.9 Å². The van der Waals surface area contributed by atoms with E-state index in [0.29, 0.717) is 13.0 Å². The minimum atomic E-state index is -3.68. The highest BCUT2D eigenvalue weighted by Crippen LogP contribution is 2.49. The van der Waals surface area contributed by atoms with Crippen molar-refractivity contribution in [3.05, 3.63) is 77.9 Å². The third-order valence-electron chi connectivity index (χ3n) is 6.21. The SMILES string of the molecule is COC(=O)[C@]12C=C[C@H](c3ccccc3)C[C@H]1CN(S(=O)(=O)c1ccc(C)cc1)C2.